The molecule has 0 rings (SSSR count). The number of carbonyl (C=O) groups excluding carboxylic acids is 1. The normalized spacial score (nSPS) is 12.0. The molecule has 0 heterocycles. The van der Waals surface area contributed by atoms with E-state index in [2.05, 4.69) is 0 Å². The van der Waals surface area contributed by atoms with Gasteiger partial charge < -0.3 is 19.4 Å². The molecule has 0 aliphatic rings. The zero-order valence-corrected chi connectivity index (χ0v) is 10.3. The van der Waals surface area contributed by atoms with Gasteiger partial charge in [0.2, 0.25) is 0 Å². The number of thiol groups is 1. The van der Waals surface area contributed by atoms with Crippen LogP contribution in [0.2, 0.25) is 0 Å². The van der Waals surface area contributed by atoms with Gasteiger partial charge in [-0.15, -0.1) is 10.9 Å². The number of unbranched alkanes of at least 4 members (excludes halogenated alkanes) is 1. The molecule has 0 saturated heterocycles. The summed E-state index contributed by atoms with van der Waals surface area (Å²) in [6.07, 6.45) is 4.26. The minimum atomic E-state index is -3.64. The number of hydrogen-bond donors (Lipinski definition) is 4. The first kappa shape index (κ1) is 14.9. The Balaban J connectivity index is 3.45. The fraction of sp³-hybridized carbons (Fsp3) is 0.625. The topological polar surface area (TPSA) is 87.0 Å². The van der Waals surface area contributed by atoms with E-state index in [-0.39, 0.29) is 16.9 Å². The second-order valence-electron chi connectivity index (χ2n) is 2.78. The SMILES string of the molecule is CC=CC(=O)OCCCC[SH]=P(O)(O)O. The standard InChI is InChI=1S/C8H17O5PS/c1-2-5-8(9)13-6-3-4-7-15-14(10,11)12/h2,5,10-12,15H,3-4,6-7H2,1H3. The number of allylic oxidation sites excluding steroid dienone is 1. The number of esters is 1. The van der Waals surface area contributed by atoms with Crippen LogP contribution in [0.25, 0.3) is 0 Å². The highest BCUT2D eigenvalue weighted by Crippen LogP contribution is 2.30. The van der Waals surface area contributed by atoms with E-state index in [0.29, 0.717) is 25.2 Å². The Morgan fingerprint density at radius 1 is 1.40 bits per heavy atom. The van der Waals surface area contributed by atoms with Crippen molar-refractivity contribution >= 4 is 23.6 Å². The van der Waals surface area contributed by atoms with Crippen LogP contribution < -0.4 is 0 Å². The summed E-state index contributed by atoms with van der Waals surface area (Å²) in [7, 11) is 0.248. The Morgan fingerprint density at radius 3 is 2.60 bits per heavy atom. The van der Waals surface area contributed by atoms with E-state index in [1.807, 2.05) is 0 Å². The Morgan fingerprint density at radius 2 is 2.07 bits per heavy atom. The van der Waals surface area contributed by atoms with Crippen molar-refractivity contribution in [2.45, 2.75) is 19.8 Å². The largest absolute Gasteiger partial charge is 0.463 e. The van der Waals surface area contributed by atoms with E-state index in [4.69, 9.17) is 19.4 Å². The van der Waals surface area contributed by atoms with Crippen molar-refractivity contribution < 1.29 is 24.2 Å². The van der Waals surface area contributed by atoms with Crippen molar-refractivity contribution in [1.29, 1.82) is 0 Å². The molecule has 0 aromatic heterocycles. The van der Waals surface area contributed by atoms with Crippen LogP contribution in [0.5, 0.6) is 0 Å². The lowest BCUT2D eigenvalue weighted by Crippen LogP contribution is -2.02. The number of hydrogen-bond acceptors (Lipinski definition) is 2. The van der Waals surface area contributed by atoms with Gasteiger partial charge in [0, 0.05) is 6.08 Å². The minimum Gasteiger partial charge on any atom is -0.463 e. The fourth-order valence-electron chi connectivity index (χ4n) is 0.776. The van der Waals surface area contributed by atoms with E-state index >= 15 is 0 Å². The summed E-state index contributed by atoms with van der Waals surface area (Å²) in [5, 5.41) is 0. The van der Waals surface area contributed by atoms with Crippen LogP contribution in [0.4, 0.5) is 0 Å². The molecule has 0 aliphatic carbocycles. The Labute approximate surface area is 92.6 Å². The summed E-state index contributed by atoms with van der Waals surface area (Å²) < 4.78 is 4.81. The molecule has 5 nitrogen and oxygen atoms in total. The quantitative estimate of drug-likeness (QED) is 0.181. The summed E-state index contributed by atoms with van der Waals surface area (Å²) in [6.45, 7) is -1.60. The molecule has 0 atom stereocenters. The first-order valence-corrected chi connectivity index (χ1v) is 7.94. The minimum absolute atomic E-state index is 0.248. The van der Waals surface area contributed by atoms with Gasteiger partial charge in [0.15, 0.2) is 0 Å². The van der Waals surface area contributed by atoms with Gasteiger partial charge in [-0.05, 0) is 25.5 Å². The zero-order chi connectivity index (χ0) is 11.7. The predicted octanol–water partition coefficient (Wildman–Crippen LogP) is 0.355. The monoisotopic (exact) mass is 256 g/mol. The highest BCUT2D eigenvalue weighted by molar-refractivity contribution is 8.16. The van der Waals surface area contributed by atoms with Gasteiger partial charge >= 0.3 is 5.97 Å². The fourth-order valence-corrected chi connectivity index (χ4v) is 2.64. The van der Waals surface area contributed by atoms with E-state index in [1.54, 1.807) is 13.0 Å². The molecule has 0 fully saturated rings. The van der Waals surface area contributed by atoms with Crippen molar-refractivity contribution in [2.75, 3.05) is 12.4 Å². The molecule has 0 bridgehead atoms. The molecule has 0 aliphatic heterocycles. The van der Waals surface area contributed by atoms with E-state index in [9.17, 15) is 4.79 Å². The summed E-state index contributed by atoms with van der Waals surface area (Å²) in [5.74, 6) is 0.113. The molecule has 7 heteroatoms. The van der Waals surface area contributed by atoms with Gasteiger partial charge in [0.1, 0.15) is 0 Å². The Kier molecular flexibility index (Phi) is 8.00. The molecule has 90 valence electrons. The van der Waals surface area contributed by atoms with E-state index in [0.717, 1.165) is 0 Å². The zero-order valence-electron chi connectivity index (χ0n) is 8.54. The molecule has 0 radical (unpaired) electrons. The van der Waals surface area contributed by atoms with Gasteiger partial charge in [-0.1, -0.05) is 6.08 Å². The lowest BCUT2D eigenvalue weighted by Gasteiger charge is -2.03. The summed E-state index contributed by atoms with van der Waals surface area (Å²) in [6, 6.07) is 0. The molecule has 0 unspecified atom stereocenters. The van der Waals surface area contributed by atoms with Crippen molar-refractivity contribution in [1.82, 2.24) is 0 Å². The number of rotatable bonds is 6. The van der Waals surface area contributed by atoms with Crippen LogP contribution in [0.15, 0.2) is 12.2 Å². The molecule has 0 spiro atoms. The Hall–Kier alpha value is -0.130. The van der Waals surface area contributed by atoms with E-state index in [1.165, 1.54) is 6.08 Å². The van der Waals surface area contributed by atoms with Crippen molar-refractivity contribution in [2.24, 2.45) is 0 Å². The number of ether oxygens (including phenoxy) is 1. The van der Waals surface area contributed by atoms with Gasteiger partial charge in [-0.2, -0.15) is 0 Å². The van der Waals surface area contributed by atoms with Gasteiger partial charge in [0.25, 0.3) is 6.72 Å². The Bertz CT molecular complexity index is 262. The van der Waals surface area contributed by atoms with Crippen molar-refractivity contribution in [3.63, 3.8) is 0 Å². The smallest absolute Gasteiger partial charge is 0.330 e. The predicted molar refractivity (Wildman–Crippen MR) is 62.2 cm³/mol. The molecule has 0 aromatic rings. The van der Waals surface area contributed by atoms with Crippen LogP contribution in [0.3, 0.4) is 0 Å². The van der Waals surface area contributed by atoms with Crippen molar-refractivity contribution in [3.05, 3.63) is 12.2 Å². The highest BCUT2D eigenvalue weighted by atomic mass is 32.5. The lowest BCUT2D eigenvalue weighted by atomic mass is 10.4. The maximum Gasteiger partial charge on any atom is 0.330 e. The third-order valence-electron chi connectivity index (χ3n) is 1.39. The molecule has 0 aromatic carbocycles. The molecular weight excluding hydrogens is 239 g/mol. The molecule has 15 heavy (non-hydrogen) atoms. The lowest BCUT2D eigenvalue weighted by molar-refractivity contribution is -0.137. The molecule has 3 N–H and O–H groups in total. The second-order valence-corrected chi connectivity index (χ2v) is 7.04. The maximum absolute atomic E-state index is 10.8. The van der Waals surface area contributed by atoms with Crippen LogP contribution in [0, 0.1) is 0 Å². The van der Waals surface area contributed by atoms with Crippen LogP contribution in [-0.4, -0.2) is 33.0 Å². The molecule has 0 amide bonds. The average Bonchev–Trinajstić information content (AvgIpc) is 2.09. The summed E-state index contributed by atoms with van der Waals surface area (Å²) in [4.78, 5) is 36.8. The van der Waals surface area contributed by atoms with E-state index < -0.39 is 6.72 Å². The first-order chi connectivity index (χ1) is 6.95. The summed E-state index contributed by atoms with van der Waals surface area (Å²) in [5.41, 5.74) is 0. The van der Waals surface area contributed by atoms with Gasteiger partial charge in [-0.3, -0.25) is 0 Å². The van der Waals surface area contributed by atoms with Crippen molar-refractivity contribution in [3.8, 4) is 0 Å². The average molecular weight is 256 g/mol. The number of carbonyl (C=O) groups is 1. The van der Waals surface area contributed by atoms with Crippen LogP contribution >= 0.6 is 6.72 Å². The van der Waals surface area contributed by atoms with Crippen LogP contribution in [0.1, 0.15) is 19.8 Å². The maximum atomic E-state index is 10.8. The molecule has 0 saturated carbocycles. The summed E-state index contributed by atoms with van der Waals surface area (Å²) >= 11 is 0. The molecular formula is C8H17O5PS. The van der Waals surface area contributed by atoms with Gasteiger partial charge in [0.05, 0.1) is 6.61 Å². The van der Waals surface area contributed by atoms with Gasteiger partial charge in [-0.25, -0.2) is 4.79 Å². The first-order valence-electron chi connectivity index (χ1n) is 4.51. The third-order valence-corrected chi connectivity index (χ3v) is 4.02. The highest BCUT2D eigenvalue weighted by Gasteiger charge is 2.00. The third kappa shape index (κ3) is 11.8. The van der Waals surface area contributed by atoms with Crippen LogP contribution in [-0.2, 0) is 20.5 Å². The second kappa shape index (κ2) is 8.07.